The van der Waals surface area contributed by atoms with Gasteiger partial charge in [0.15, 0.2) is 17.6 Å². The third-order valence-corrected chi connectivity index (χ3v) is 8.95. The lowest BCUT2D eigenvalue weighted by molar-refractivity contribution is -0.271. The lowest BCUT2D eigenvalue weighted by Gasteiger charge is -2.63. The van der Waals surface area contributed by atoms with E-state index >= 15 is 0 Å². The molecule has 2 saturated heterocycles. The van der Waals surface area contributed by atoms with Crippen LogP contribution in [0.25, 0.3) is 0 Å². The molecule has 6 N–H and O–H groups in total. The highest BCUT2D eigenvalue weighted by molar-refractivity contribution is 5.73. The largest absolute Gasteiger partial charge is 0.482 e. The molecule has 3 aliphatic heterocycles. The van der Waals surface area contributed by atoms with Crippen molar-refractivity contribution in [2.75, 3.05) is 13.1 Å². The molecule has 3 heterocycles. The number of aliphatic hydroxyl groups is 5. The number of rotatable bonds is 5. The summed E-state index contributed by atoms with van der Waals surface area (Å²) in [6.45, 7) is 5.18. The topological polar surface area (TPSA) is 169 Å². The number of carboxylic acids is 1. The van der Waals surface area contributed by atoms with Gasteiger partial charge in [0, 0.05) is 18.2 Å². The molecule has 2 bridgehead atoms. The van der Waals surface area contributed by atoms with Crippen LogP contribution in [-0.4, -0.2) is 109 Å². The first kappa shape index (κ1) is 24.1. The molecule has 5 aliphatic rings. The summed E-state index contributed by atoms with van der Waals surface area (Å²) in [5, 5.41) is 63.2. The van der Waals surface area contributed by atoms with Crippen molar-refractivity contribution in [3.8, 4) is 11.5 Å². The molecule has 36 heavy (non-hydrogen) atoms. The van der Waals surface area contributed by atoms with Crippen LogP contribution in [-0.2, 0) is 21.4 Å². The number of nitrogens with zero attached hydrogens (tertiary/aromatic N) is 1. The van der Waals surface area contributed by atoms with Gasteiger partial charge in [-0.05, 0) is 43.9 Å². The number of carboxylic acid groups (broad SMARTS) is 1. The summed E-state index contributed by atoms with van der Waals surface area (Å²) in [5.74, 6) is -1.06. The van der Waals surface area contributed by atoms with Crippen molar-refractivity contribution in [1.82, 2.24) is 4.90 Å². The van der Waals surface area contributed by atoms with Crippen LogP contribution < -0.4 is 9.47 Å². The highest BCUT2D eigenvalue weighted by Gasteiger charge is 2.72. The average Bonchev–Trinajstić information content (AvgIpc) is 3.20. The van der Waals surface area contributed by atoms with Crippen molar-refractivity contribution in [2.24, 2.45) is 0 Å². The van der Waals surface area contributed by atoms with Crippen LogP contribution in [0.4, 0.5) is 0 Å². The molecule has 3 fully saturated rings. The number of aliphatic carboxylic acids is 1. The van der Waals surface area contributed by atoms with E-state index in [0.29, 0.717) is 44.5 Å². The molecular formula is C25H31NO10. The van der Waals surface area contributed by atoms with Gasteiger partial charge in [0.2, 0.25) is 6.29 Å². The maximum absolute atomic E-state index is 12.2. The van der Waals surface area contributed by atoms with E-state index in [1.807, 2.05) is 12.1 Å². The van der Waals surface area contributed by atoms with Crippen LogP contribution in [0, 0.1) is 0 Å². The number of hydrogen-bond acceptors (Lipinski definition) is 10. The molecule has 1 aromatic carbocycles. The Morgan fingerprint density at radius 2 is 1.97 bits per heavy atom. The molecule has 11 nitrogen and oxygen atoms in total. The molecule has 6 rings (SSSR count). The molecule has 0 aromatic heterocycles. The summed E-state index contributed by atoms with van der Waals surface area (Å²) < 4.78 is 17.5. The number of piperidine rings is 1. The van der Waals surface area contributed by atoms with E-state index < -0.39 is 59.9 Å². The van der Waals surface area contributed by atoms with Crippen LogP contribution in [0.1, 0.15) is 30.4 Å². The number of ether oxygens (including phenoxy) is 3. The smallest absolute Gasteiger partial charge is 0.335 e. The summed E-state index contributed by atoms with van der Waals surface area (Å²) in [6.07, 6.45) is -6.57. The molecule has 0 unspecified atom stereocenters. The summed E-state index contributed by atoms with van der Waals surface area (Å²) in [7, 11) is 0. The minimum Gasteiger partial charge on any atom is -0.482 e. The second-order valence-corrected chi connectivity index (χ2v) is 10.6. The first-order valence-electron chi connectivity index (χ1n) is 12.3. The van der Waals surface area contributed by atoms with E-state index in [2.05, 4.69) is 11.5 Å². The predicted molar refractivity (Wildman–Crippen MR) is 122 cm³/mol. The monoisotopic (exact) mass is 505 g/mol. The highest BCUT2D eigenvalue weighted by Crippen LogP contribution is 2.65. The zero-order valence-corrected chi connectivity index (χ0v) is 19.6. The summed E-state index contributed by atoms with van der Waals surface area (Å²) in [4.78, 5) is 13.7. The lowest BCUT2D eigenvalue weighted by Crippen LogP contribution is -2.77. The van der Waals surface area contributed by atoms with Crippen molar-refractivity contribution in [2.45, 2.75) is 85.7 Å². The molecule has 10 atom stereocenters. The van der Waals surface area contributed by atoms with Gasteiger partial charge in [0.25, 0.3) is 0 Å². The first-order chi connectivity index (χ1) is 17.1. The zero-order chi connectivity index (χ0) is 25.6. The lowest BCUT2D eigenvalue weighted by atomic mass is 9.48. The maximum Gasteiger partial charge on any atom is 0.335 e. The molecular weight excluding hydrogens is 474 g/mol. The van der Waals surface area contributed by atoms with Crippen molar-refractivity contribution in [1.29, 1.82) is 0 Å². The van der Waals surface area contributed by atoms with E-state index in [-0.39, 0.29) is 11.8 Å². The van der Waals surface area contributed by atoms with Gasteiger partial charge in [-0.3, -0.25) is 4.90 Å². The molecule has 1 saturated carbocycles. The molecule has 2 aliphatic carbocycles. The summed E-state index contributed by atoms with van der Waals surface area (Å²) in [5.41, 5.74) is -0.284. The Morgan fingerprint density at radius 3 is 2.69 bits per heavy atom. The minimum atomic E-state index is -1.84. The van der Waals surface area contributed by atoms with E-state index in [0.717, 1.165) is 11.1 Å². The van der Waals surface area contributed by atoms with Gasteiger partial charge in [-0.1, -0.05) is 12.1 Å². The summed E-state index contributed by atoms with van der Waals surface area (Å²) in [6, 6.07) is 3.29. The zero-order valence-electron chi connectivity index (χ0n) is 19.6. The molecule has 0 amide bonds. The number of aliphatic hydroxyl groups excluding tert-OH is 4. The Bertz CT molecular complexity index is 1100. The van der Waals surface area contributed by atoms with E-state index in [4.69, 9.17) is 14.2 Å². The number of hydrogen-bond donors (Lipinski definition) is 6. The van der Waals surface area contributed by atoms with E-state index in [1.54, 1.807) is 6.07 Å². The van der Waals surface area contributed by atoms with Crippen LogP contribution in [0.5, 0.6) is 11.5 Å². The van der Waals surface area contributed by atoms with Crippen molar-refractivity contribution < 1.29 is 49.6 Å². The first-order valence-corrected chi connectivity index (χ1v) is 12.3. The van der Waals surface area contributed by atoms with E-state index in [9.17, 15) is 35.4 Å². The predicted octanol–water partition coefficient (Wildman–Crippen LogP) is -1.34. The minimum absolute atomic E-state index is 0.135. The second kappa shape index (κ2) is 8.12. The standard InChI is InChI=1S/C25H31NO10/c1-2-8-26-9-7-24-15-11-3-4-13(34-23-18(30)16(28)17(29)20(36-23)22(31)32)19(15)35-21(24)12(27)5-6-25(24,33)14(26)10-11/h2-4,12,14,16-18,20-21,23,27-30,33H,1,5-10H2,(H,31,32)/t12-,14-,16+,17+,18+,20+,21+,23-,24+,25-/m1/s1. The number of likely N-dealkylation sites (tertiary alicyclic amines) is 1. The Balaban J connectivity index is 1.42. The number of benzene rings is 1. The molecule has 0 radical (unpaired) electrons. The molecule has 196 valence electrons. The highest BCUT2D eigenvalue weighted by atomic mass is 16.7. The van der Waals surface area contributed by atoms with Gasteiger partial charge in [-0.2, -0.15) is 0 Å². The Kier molecular flexibility index (Phi) is 5.44. The van der Waals surface area contributed by atoms with Crippen LogP contribution >= 0.6 is 0 Å². The van der Waals surface area contributed by atoms with Crippen LogP contribution in [0.15, 0.2) is 24.8 Å². The SMILES string of the molecule is C=CCN1CC[C@]23c4c5ccc(O[C@@H]6O[C@H](C(=O)O)[C@@H](O)[C@H](O)[C@@H]6O)c4O[C@H]2[C@H](O)CC[C@@]3(O)[C@H]1C5. The number of carbonyl (C=O) groups is 1. The Labute approximate surface area is 207 Å². The van der Waals surface area contributed by atoms with Crippen LogP contribution in [0.2, 0.25) is 0 Å². The molecule has 1 spiro atoms. The maximum atomic E-state index is 12.2. The van der Waals surface area contributed by atoms with E-state index in [1.165, 1.54) is 0 Å². The third-order valence-electron chi connectivity index (χ3n) is 8.95. The van der Waals surface area contributed by atoms with Crippen molar-refractivity contribution in [3.63, 3.8) is 0 Å². The molecule has 11 heteroatoms. The van der Waals surface area contributed by atoms with Gasteiger partial charge in [-0.25, -0.2) is 4.79 Å². The van der Waals surface area contributed by atoms with Crippen LogP contribution in [0.3, 0.4) is 0 Å². The van der Waals surface area contributed by atoms with Gasteiger partial charge in [0.05, 0.1) is 17.1 Å². The quantitative estimate of drug-likeness (QED) is 0.262. The summed E-state index contributed by atoms with van der Waals surface area (Å²) >= 11 is 0. The normalized spacial score (nSPS) is 44.9. The Morgan fingerprint density at radius 1 is 1.19 bits per heavy atom. The van der Waals surface area contributed by atoms with Gasteiger partial charge >= 0.3 is 5.97 Å². The fourth-order valence-electron chi connectivity index (χ4n) is 7.35. The Hall–Kier alpha value is -2.25. The fraction of sp³-hybridized carbons (Fsp3) is 0.640. The second-order valence-electron chi connectivity index (χ2n) is 10.6. The average molecular weight is 506 g/mol. The third kappa shape index (κ3) is 2.96. The van der Waals surface area contributed by atoms with Crippen molar-refractivity contribution in [3.05, 3.63) is 35.9 Å². The van der Waals surface area contributed by atoms with Crippen molar-refractivity contribution >= 4 is 5.97 Å². The van der Waals surface area contributed by atoms with Gasteiger partial charge < -0.3 is 44.8 Å². The van der Waals surface area contributed by atoms with Gasteiger partial charge in [-0.15, -0.1) is 6.58 Å². The fourth-order valence-corrected chi connectivity index (χ4v) is 7.35. The molecule has 1 aromatic rings. The van der Waals surface area contributed by atoms with Gasteiger partial charge in [0.1, 0.15) is 24.4 Å².